The SMILES string of the molecule is CC(C)[N+](=O)S. The summed E-state index contributed by atoms with van der Waals surface area (Å²) in [7, 11) is 0. The van der Waals surface area contributed by atoms with Crippen LogP contribution in [0.25, 0.3) is 0 Å². The Morgan fingerprint density at radius 3 is 1.83 bits per heavy atom. The van der Waals surface area contributed by atoms with Gasteiger partial charge in [-0.2, -0.15) is 0 Å². The van der Waals surface area contributed by atoms with Crippen molar-refractivity contribution in [2.24, 2.45) is 0 Å². The third-order valence-corrected chi connectivity index (χ3v) is 0.904. The van der Waals surface area contributed by atoms with Gasteiger partial charge >= 0.3 is 0 Å². The lowest BCUT2D eigenvalue weighted by Crippen LogP contribution is -2.04. The van der Waals surface area contributed by atoms with Crippen LogP contribution in [0.5, 0.6) is 0 Å². The Labute approximate surface area is 42.7 Å². The van der Waals surface area contributed by atoms with E-state index in [2.05, 4.69) is 12.8 Å². The van der Waals surface area contributed by atoms with Crippen LogP contribution >= 0.6 is 12.8 Å². The quantitative estimate of drug-likeness (QED) is 0.391. The minimum Gasteiger partial charge on any atom is 0.00293 e. The maximum atomic E-state index is 9.92. The fourth-order valence-corrected chi connectivity index (χ4v) is 0. The van der Waals surface area contributed by atoms with E-state index in [0.29, 0.717) is 4.17 Å². The molecule has 0 aliphatic heterocycles. The first-order valence-corrected chi connectivity index (χ1v) is 2.20. The summed E-state index contributed by atoms with van der Waals surface area (Å²) in [6, 6.07) is -0.00617. The summed E-state index contributed by atoms with van der Waals surface area (Å²) in [6.45, 7) is 3.56. The second-order valence-corrected chi connectivity index (χ2v) is 1.79. The van der Waals surface area contributed by atoms with E-state index in [1.165, 1.54) is 0 Å². The van der Waals surface area contributed by atoms with E-state index >= 15 is 0 Å². The Kier molecular flexibility index (Phi) is 2.16. The summed E-state index contributed by atoms with van der Waals surface area (Å²) in [5.41, 5.74) is 0. The summed E-state index contributed by atoms with van der Waals surface area (Å²) in [5.74, 6) is 0. The van der Waals surface area contributed by atoms with Crippen molar-refractivity contribution in [2.45, 2.75) is 19.9 Å². The molecule has 0 radical (unpaired) electrons. The number of hydrogen-bond acceptors (Lipinski definition) is 1. The Morgan fingerprint density at radius 2 is 1.83 bits per heavy atom. The highest BCUT2D eigenvalue weighted by molar-refractivity contribution is 7.73. The molecular formula is C3H8NOS+. The molecule has 0 saturated carbocycles. The highest BCUT2D eigenvalue weighted by atomic mass is 32.1. The molecule has 0 amide bonds. The first-order chi connectivity index (χ1) is 2.64. The molecule has 0 aromatic heterocycles. The number of nitroso groups, excluding NO2 is 1. The molecule has 0 fully saturated rings. The molecule has 0 aliphatic carbocycles. The number of nitrogens with zero attached hydrogens (tertiary/aromatic N) is 1. The van der Waals surface area contributed by atoms with Crippen molar-refractivity contribution < 1.29 is 4.17 Å². The summed E-state index contributed by atoms with van der Waals surface area (Å²) >= 11 is 3.47. The molecule has 3 heteroatoms. The molecule has 0 aliphatic rings. The van der Waals surface area contributed by atoms with Crippen LogP contribution in [-0.4, -0.2) is 10.2 Å². The predicted molar refractivity (Wildman–Crippen MR) is 27.7 cm³/mol. The van der Waals surface area contributed by atoms with Crippen LogP contribution in [0.3, 0.4) is 0 Å². The van der Waals surface area contributed by atoms with Crippen LogP contribution in [0.1, 0.15) is 13.8 Å². The molecular weight excluding hydrogens is 98.1 g/mol. The van der Waals surface area contributed by atoms with Crippen molar-refractivity contribution in [3.8, 4) is 0 Å². The highest BCUT2D eigenvalue weighted by Gasteiger charge is 2.04. The minimum absolute atomic E-state index is 0.00617. The zero-order valence-corrected chi connectivity index (χ0v) is 4.77. The van der Waals surface area contributed by atoms with Gasteiger partial charge in [0.05, 0.1) is 4.17 Å². The molecule has 0 unspecified atom stereocenters. The molecule has 0 aromatic rings. The van der Waals surface area contributed by atoms with Crippen molar-refractivity contribution in [1.29, 1.82) is 0 Å². The van der Waals surface area contributed by atoms with Gasteiger partial charge in [-0.1, -0.05) is 0 Å². The van der Waals surface area contributed by atoms with E-state index in [0.717, 1.165) is 0 Å². The van der Waals surface area contributed by atoms with Crippen molar-refractivity contribution in [3.63, 3.8) is 0 Å². The average Bonchev–Trinajstić information content (AvgIpc) is 1.36. The second-order valence-electron chi connectivity index (χ2n) is 1.40. The van der Waals surface area contributed by atoms with Crippen LogP contribution in [-0.2, 0) is 0 Å². The van der Waals surface area contributed by atoms with Crippen LogP contribution in [0, 0.1) is 4.91 Å². The summed E-state index contributed by atoms with van der Waals surface area (Å²) in [4.78, 5) is 9.92. The highest BCUT2D eigenvalue weighted by Crippen LogP contribution is 1.87. The van der Waals surface area contributed by atoms with Gasteiger partial charge in [0.15, 0.2) is 12.8 Å². The molecule has 0 rings (SSSR count). The number of hydrogen-bond donors (Lipinski definition) is 1. The summed E-state index contributed by atoms with van der Waals surface area (Å²) in [6.07, 6.45) is 0. The third-order valence-electron chi connectivity index (χ3n) is 0.442. The van der Waals surface area contributed by atoms with Gasteiger partial charge in [-0.05, 0) is 0 Å². The van der Waals surface area contributed by atoms with Gasteiger partial charge in [0.25, 0.3) is 0 Å². The lowest BCUT2D eigenvalue weighted by atomic mass is 10.4. The van der Waals surface area contributed by atoms with Gasteiger partial charge in [0.1, 0.15) is 0 Å². The molecule has 0 aromatic carbocycles. The van der Waals surface area contributed by atoms with Crippen LogP contribution < -0.4 is 0 Å². The molecule has 0 saturated heterocycles. The molecule has 0 spiro atoms. The van der Waals surface area contributed by atoms with Crippen molar-refractivity contribution in [3.05, 3.63) is 4.91 Å². The molecule has 2 nitrogen and oxygen atoms in total. The second kappa shape index (κ2) is 2.18. The van der Waals surface area contributed by atoms with Gasteiger partial charge in [0, 0.05) is 18.8 Å². The zero-order valence-electron chi connectivity index (χ0n) is 3.88. The Bertz CT molecular complexity index is 61.8. The molecule has 0 N–H and O–H groups in total. The first kappa shape index (κ1) is 5.95. The summed E-state index contributed by atoms with van der Waals surface area (Å²) < 4.78 is 0.611. The normalized spacial score (nSPS) is 9.33. The third kappa shape index (κ3) is 2.20. The molecule has 0 atom stereocenters. The van der Waals surface area contributed by atoms with Crippen molar-refractivity contribution in [2.75, 3.05) is 0 Å². The molecule has 0 bridgehead atoms. The van der Waals surface area contributed by atoms with E-state index in [9.17, 15) is 4.91 Å². The lowest BCUT2D eigenvalue weighted by molar-refractivity contribution is -0.405. The number of thiol groups is 1. The van der Waals surface area contributed by atoms with Gasteiger partial charge in [-0.3, -0.25) is 0 Å². The zero-order chi connectivity index (χ0) is 5.15. The van der Waals surface area contributed by atoms with E-state index < -0.39 is 0 Å². The Morgan fingerprint density at radius 1 is 1.67 bits per heavy atom. The minimum atomic E-state index is -0.00617. The number of rotatable bonds is 1. The molecule has 6 heavy (non-hydrogen) atoms. The first-order valence-electron chi connectivity index (χ1n) is 1.80. The smallest absolute Gasteiger partial charge is 0.00293 e. The Balaban J connectivity index is 3.26. The van der Waals surface area contributed by atoms with Crippen LogP contribution in [0.15, 0.2) is 0 Å². The van der Waals surface area contributed by atoms with Gasteiger partial charge in [0.2, 0.25) is 6.04 Å². The van der Waals surface area contributed by atoms with Gasteiger partial charge in [-0.15, -0.1) is 0 Å². The van der Waals surface area contributed by atoms with Crippen LogP contribution in [0.2, 0.25) is 0 Å². The monoisotopic (exact) mass is 106 g/mol. The van der Waals surface area contributed by atoms with E-state index in [1.807, 2.05) is 0 Å². The van der Waals surface area contributed by atoms with E-state index in [4.69, 9.17) is 0 Å². The van der Waals surface area contributed by atoms with E-state index in [-0.39, 0.29) is 6.04 Å². The maximum Gasteiger partial charge on any atom is 0.211 e. The van der Waals surface area contributed by atoms with Crippen molar-refractivity contribution in [1.82, 2.24) is 0 Å². The standard InChI is InChI=1S/C3H8NOS/c1-3(2)4(5)6/h3H,1-2H3,(H,5,6)/q+1. The fraction of sp³-hybridized carbons (Fsp3) is 1.00. The lowest BCUT2D eigenvalue weighted by Gasteiger charge is -1.80. The topological polar surface area (TPSA) is 20.1 Å². The van der Waals surface area contributed by atoms with Gasteiger partial charge in [-0.25, -0.2) is 0 Å². The Hall–Kier alpha value is -0.0500. The molecule has 36 valence electrons. The fourth-order valence-electron chi connectivity index (χ4n) is 0. The van der Waals surface area contributed by atoms with Gasteiger partial charge < -0.3 is 0 Å². The summed E-state index contributed by atoms with van der Waals surface area (Å²) in [5, 5.41) is 0. The predicted octanol–water partition coefficient (Wildman–Crippen LogP) is 1.02. The average molecular weight is 106 g/mol. The van der Waals surface area contributed by atoms with Crippen LogP contribution in [0.4, 0.5) is 0 Å². The van der Waals surface area contributed by atoms with E-state index in [1.54, 1.807) is 13.8 Å². The largest absolute Gasteiger partial charge is 0.211 e. The maximum absolute atomic E-state index is 9.92. The molecule has 0 heterocycles. The van der Waals surface area contributed by atoms with Crippen molar-refractivity contribution >= 4 is 12.8 Å².